The molecule has 7 heteroatoms. The standard InChI is InChI=1S/C19H24N2O4.ClH/c20-19(23)12-15-6-8-18(9-7-15)24-11-10-21-13-16(22)14-25-17-4-2-1-3-5-17;/h1-9,16,21-22H,10-14H2,(H2,20,23);1H. The lowest BCUT2D eigenvalue weighted by atomic mass is 10.1. The highest BCUT2D eigenvalue weighted by Gasteiger charge is 2.05. The predicted molar refractivity (Wildman–Crippen MR) is 103 cm³/mol. The van der Waals surface area contributed by atoms with Crippen LogP contribution in [0.3, 0.4) is 0 Å². The molecule has 0 saturated carbocycles. The number of amides is 1. The molecule has 2 aromatic carbocycles. The molecular formula is C19H25ClN2O4. The zero-order chi connectivity index (χ0) is 17.9. The van der Waals surface area contributed by atoms with Gasteiger partial charge in [-0.25, -0.2) is 0 Å². The van der Waals surface area contributed by atoms with Gasteiger partial charge in [0.15, 0.2) is 0 Å². The number of halogens is 1. The van der Waals surface area contributed by atoms with Crippen molar-refractivity contribution in [2.24, 2.45) is 5.73 Å². The van der Waals surface area contributed by atoms with Crippen LogP contribution in [0.15, 0.2) is 54.6 Å². The molecule has 0 heterocycles. The van der Waals surface area contributed by atoms with E-state index >= 15 is 0 Å². The maximum absolute atomic E-state index is 10.8. The summed E-state index contributed by atoms with van der Waals surface area (Å²) >= 11 is 0. The normalized spacial score (nSPS) is 11.3. The Balaban J connectivity index is 0.00000338. The van der Waals surface area contributed by atoms with Crippen molar-refractivity contribution in [1.82, 2.24) is 5.32 Å². The molecule has 26 heavy (non-hydrogen) atoms. The fraction of sp³-hybridized carbons (Fsp3) is 0.316. The Morgan fingerprint density at radius 3 is 2.35 bits per heavy atom. The summed E-state index contributed by atoms with van der Waals surface area (Å²) in [4.78, 5) is 10.8. The minimum Gasteiger partial charge on any atom is -0.492 e. The van der Waals surface area contributed by atoms with Crippen LogP contribution >= 0.6 is 12.4 Å². The maximum atomic E-state index is 10.8. The van der Waals surface area contributed by atoms with E-state index in [0.29, 0.717) is 19.7 Å². The summed E-state index contributed by atoms with van der Waals surface area (Å²) in [5, 5.41) is 13.0. The van der Waals surface area contributed by atoms with Crippen molar-refractivity contribution < 1.29 is 19.4 Å². The highest BCUT2D eigenvalue weighted by atomic mass is 35.5. The quantitative estimate of drug-likeness (QED) is 0.514. The van der Waals surface area contributed by atoms with Crippen LogP contribution in [0.25, 0.3) is 0 Å². The molecule has 0 bridgehead atoms. The highest BCUT2D eigenvalue weighted by Crippen LogP contribution is 2.12. The van der Waals surface area contributed by atoms with Gasteiger partial charge in [0.25, 0.3) is 0 Å². The average Bonchev–Trinajstić information content (AvgIpc) is 2.61. The lowest BCUT2D eigenvalue weighted by Crippen LogP contribution is -2.33. The van der Waals surface area contributed by atoms with E-state index in [1.54, 1.807) is 12.1 Å². The summed E-state index contributed by atoms with van der Waals surface area (Å²) in [5.74, 6) is 1.11. The second-order valence-corrected chi connectivity index (χ2v) is 5.62. The van der Waals surface area contributed by atoms with Crippen molar-refractivity contribution in [1.29, 1.82) is 0 Å². The second-order valence-electron chi connectivity index (χ2n) is 5.62. The number of benzene rings is 2. The predicted octanol–water partition coefficient (Wildman–Crippen LogP) is 1.54. The first-order chi connectivity index (χ1) is 12.1. The van der Waals surface area contributed by atoms with Crippen LogP contribution in [0, 0.1) is 0 Å². The van der Waals surface area contributed by atoms with E-state index in [9.17, 15) is 9.90 Å². The molecular weight excluding hydrogens is 356 g/mol. The number of carbonyl (C=O) groups is 1. The number of hydrogen-bond donors (Lipinski definition) is 3. The number of hydrogen-bond acceptors (Lipinski definition) is 5. The fourth-order valence-electron chi connectivity index (χ4n) is 2.18. The fourth-order valence-corrected chi connectivity index (χ4v) is 2.18. The summed E-state index contributed by atoms with van der Waals surface area (Å²) in [7, 11) is 0. The number of rotatable bonds is 11. The van der Waals surface area contributed by atoms with Gasteiger partial charge in [-0.2, -0.15) is 0 Å². The van der Waals surface area contributed by atoms with Gasteiger partial charge in [-0.1, -0.05) is 30.3 Å². The largest absolute Gasteiger partial charge is 0.492 e. The monoisotopic (exact) mass is 380 g/mol. The van der Waals surface area contributed by atoms with Gasteiger partial charge < -0.3 is 25.6 Å². The number of ether oxygens (including phenoxy) is 2. The lowest BCUT2D eigenvalue weighted by Gasteiger charge is -2.13. The van der Waals surface area contributed by atoms with Crippen molar-refractivity contribution >= 4 is 18.3 Å². The number of primary amides is 1. The van der Waals surface area contributed by atoms with Crippen molar-refractivity contribution in [3.8, 4) is 11.5 Å². The molecule has 1 atom stereocenters. The van der Waals surface area contributed by atoms with Crippen molar-refractivity contribution in [2.75, 3.05) is 26.3 Å². The first-order valence-corrected chi connectivity index (χ1v) is 8.20. The van der Waals surface area contributed by atoms with Gasteiger partial charge in [0.1, 0.15) is 30.8 Å². The first-order valence-electron chi connectivity index (χ1n) is 8.20. The van der Waals surface area contributed by atoms with Crippen molar-refractivity contribution in [2.45, 2.75) is 12.5 Å². The van der Waals surface area contributed by atoms with Gasteiger partial charge in [-0.3, -0.25) is 4.79 Å². The Morgan fingerprint density at radius 2 is 1.69 bits per heavy atom. The highest BCUT2D eigenvalue weighted by molar-refractivity contribution is 5.85. The molecule has 0 spiro atoms. The molecule has 0 aromatic heterocycles. The molecule has 0 aliphatic rings. The third-order valence-electron chi connectivity index (χ3n) is 3.41. The summed E-state index contributed by atoms with van der Waals surface area (Å²) in [5.41, 5.74) is 6.01. The molecule has 2 rings (SSSR count). The molecule has 0 fully saturated rings. The summed E-state index contributed by atoms with van der Waals surface area (Å²) in [6.07, 6.45) is -0.363. The molecule has 1 amide bonds. The van der Waals surface area contributed by atoms with Gasteiger partial charge in [-0.05, 0) is 29.8 Å². The van der Waals surface area contributed by atoms with Crippen LogP contribution < -0.4 is 20.5 Å². The molecule has 6 nitrogen and oxygen atoms in total. The summed E-state index contributed by atoms with van der Waals surface area (Å²) in [6, 6.07) is 16.6. The zero-order valence-electron chi connectivity index (χ0n) is 14.5. The number of nitrogens with one attached hydrogen (secondary N) is 1. The van der Waals surface area contributed by atoms with Gasteiger partial charge in [-0.15, -0.1) is 12.4 Å². The third kappa shape index (κ3) is 8.71. The van der Waals surface area contributed by atoms with E-state index in [0.717, 1.165) is 17.1 Å². The van der Waals surface area contributed by atoms with E-state index in [1.165, 1.54) is 0 Å². The third-order valence-corrected chi connectivity index (χ3v) is 3.41. The Bertz CT molecular complexity index is 638. The van der Waals surface area contributed by atoms with Gasteiger partial charge in [0.2, 0.25) is 5.91 Å². The van der Waals surface area contributed by atoms with E-state index in [2.05, 4.69) is 5.32 Å². The molecule has 0 saturated heterocycles. The first kappa shape index (κ1) is 21.8. The van der Waals surface area contributed by atoms with Crippen LogP contribution in [0.4, 0.5) is 0 Å². The number of para-hydroxylation sites is 1. The SMILES string of the molecule is Cl.NC(=O)Cc1ccc(OCCNCC(O)COc2ccccc2)cc1. The van der Waals surface area contributed by atoms with Crippen LogP contribution in [-0.2, 0) is 11.2 Å². The average molecular weight is 381 g/mol. The van der Waals surface area contributed by atoms with Gasteiger partial charge >= 0.3 is 0 Å². The van der Waals surface area contributed by atoms with Gasteiger partial charge in [0.05, 0.1) is 6.42 Å². The second kappa shape index (κ2) is 12.1. The smallest absolute Gasteiger partial charge is 0.221 e. The maximum Gasteiger partial charge on any atom is 0.221 e. The molecule has 1 unspecified atom stereocenters. The Morgan fingerprint density at radius 1 is 1.04 bits per heavy atom. The molecule has 0 radical (unpaired) electrons. The van der Waals surface area contributed by atoms with Crippen LogP contribution in [0.5, 0.6) is 11.5 Å². The lowest BCUT2D eigenvalue weighted by molar-refractivity contribution is -0.117. The Kier molecular flexibility index (Phi) is 10.2. The molecule has 0 aliphatic heterocycles. The molecule has 0 aliphatic carbocycles. The summed E-state index contributed by atoms with van der Waals surface area (Å²) in [6.45, 7) is 1.74. The molecule has 2 aromatic rings. The van der Waals surface area contributed by atoms with Gasteiger partial charge in [0, 0.05) is 13.1 Å². The molecule has 4 N–H and O–H groups in total. The zero-order valence-corrected chi connectivity index (χ0v) is 15.3. The van der Waals surface area contributed by atoms with Crippen LogP contribution in [0.2, 0.25) is 0 Å². The summed E-state index contributed by atoms with van der Waals surface area (Å²) < 4.78 is 11.1. The number of aliphatic hydroxyl groups is 1. The van der Waals surface area contributed by atoms with Crippen LogP contribution in [-0.4, -0.2) is 43.4 Å². The van der Waals surface area contributed by atoms with E-state index in [1.807, 2.05) is 42.5 Å². The van der Waals surface area contributed by atoms with Crippen molar-refractivity contribution in [3.63, 3.8) is 0 Å². The minimum absolute atomic E-state index is 0. The number of aliphatic hydroxyl groups excluding tert-OH is 1. The topological polar surface area (TPSA) is 93.8 Å². The number of nitrogens with two attached hydrogens (primary N) is 1. The van der Waals surface area contributed by atoms with E-state index in [-0.39, 0.29) is 31.3 Å². The Labute approximate surface area is 159 Å². The Hall–Kier alpha value is -2.28. The van der Waals surface area contributed by atoms with E-state index < -0.39 is 6.10 Å². The van der Waals surface area contributed by atoms with Crippen molar-refractivity contribution in [3.05, 3.63) is 60.2 Å². The minimum atomic E-state index is -0.590. The number of carbonyl (C=O) groups excluding carboxylic acids is 1. The van der Waals surface area contributed by atoms with E-state index in [4.69, 9.17) is 15.2 Å². The molecule has 142 valence electrons. The van der Waals surface area contributed by atoms with Crippen LogP contribution in [0.1, 0.15) is 5.56 Å².